The van der Waals surface area contributed by atoms with Gasteiger partial charge in [-0.1, -0.05) is 0 Å². The number of nitrogens with zero attached hydrogens (tertiary/aromatic N) is 2. The average molecular weight is 209 g/mol. The van der Waals surface area contributed by atoms with Gasteiger partial charge < -0.3 is 10.5 Å². The zero-order valence-electron chi connectivity index (χ0n) is 9.22. The predicted molar refractivity (Wildman–Crippen MR) is 58.4 cm³/mol. The molecule has 4 nitrogen and oxygen atoms in total. The minimum Gasteiger partial charge on any atom is -0.381 e. The molecule has 1 fully saturated rings. The lowest BCUT2D eigenvalue weighted by atomic mass is 9.93. The number of aromatic nitrogens is 2. The molecule has 0 aliphatic carbocycles. The Morgan fingerprint density at radius 2 is 2.33 bits per heavy atom. The van der Waals surface area contributed by atoms with Crippen molar-refractivity contribution in [3.05, 3.63) is 18.0 Å². The largest absolute Gasteiger partial charge is 0.381 e. The molecule has 15 heavy (non-hydrogen) atoms. The summed E-state index contributed by atoms with van der Waals surface area (Å²) in [6, 6.07) is 0.453. The second-order valence-corrected chi connectivity index (χ2v) is 4.22. The molecule has 84 valence electrons. The second-order valence-electron chi connectivity index (χ2n) is 4.22. The van der Waals surface area contributed by atoms with Gasteiger partial charge in [0.2, 0.25) is 0 Å². The van der Waals surface area contributed by atoms with Crippen LogP contribution in [0.25, 0.3) is 0 Å². The summed E-state index contributed by atoms with van der Waals surface area (Å²) < 4.78 is 7.40. The maximum atomic E-state index is 5.57. The number of ether oxygens (including phenoxy) is 1. The van der Waals surface area contributed by atoms with Crippen molar-refractivity contribution in [2.75, 3.05) is 13.2 Å². The molecule has 2 rings (SSSR count). The van der Waals surface area contributed by atoms with Crippen molar-refractivity contribution in [2.24, 2.45) is 11.7 Å². The highest BCUT2D eigenvalue weighted by atomic mass is 16.5. The minimum absolute atomic E-state index is 0.453. The standard InChI is InChI=1S/C11H19N3O/c1-9(11-2-4-15-5-3-11)14-8-10(6-12)7-13-14/h7-9,11H,2-6,12H2,1H3. The summed E-state index contributed by atoms with van der Waals surface area (Å²) in [5, 5.41) is 4.36. The van der Waals surface area contributed by atoms with Gasteiger partial charge in [-0.25, -0.2) is 0 Å². The van der Waals surface area contributed by atoms with Gasteiger partial charge in [0, 0.05) is 31.5 Å². The molecule has 1 aliphatic heterocycles. The second kappa shape index (κ2) is 4.77. The van der Waals surface area contributed by atoms with E-state index in [9.17, 15) is 0 Å². The lowest BCUT2D eigenvalue weighted by Crippen LogP contribution is -2.24. The Bertz CT molecular complexity index is 305. The summed E-state index contributed by atoms with van der Waals surface area (Å²) in [5.74, 6) is 0.685. The fourth-order valence-corrected chi connectivity index (χ4v) is 2.12. The monoisotopic (exact) mass is 209 g/mol. The van der Waals surface area contributed by atoms with Gasteiger partial charge in [0.05, 0.1) is 12.2 Å². The quantitative estimate of drug-likeness (QED) is 0.817. The van der Waals surface area contributed by atoms with Gasteiger partial charge >= 0.3 is 0 Å². The Labute approximate surface area is 90.4 Å². The van der Waals surface area contributed by atoms with Gasteiger partial charge in [-0.05, 0) is 25.7 Å². The van der Waals surface area contributed by atoms with Crippen LogP contribution in [0.1, 0.15) is 31.4 Å². The Kier molecular flexibility index (Phi) is 3.38. The smallest absolute Gasteiger partial charge is 0.0534 e. The molecule has 1 aromatic rings. The fourth-order valence-electron chi connectivity index (χ4n) is 2.12. The van der Waals surface area contributed by atoms with Gasteiger partial charge in [0.1, 0.15) is 0 Å². The van der Waals surface area contributed by atoms with Gasteiger partial charge in [-0.3, -0.25) is 4.68 Å². The fraction of sp³-hybridized carbons (Fsp3) is 0.727. The van der Waals surface area contributed by atoms with E-state index in [-0.39, 0.29) is 0 Å². The summed E-state index contributed by atoms with van der Waals surface area (Å²) >= 11 is 0. The molecule has 0 amide bonds. The van der Waals surface area contributed by atoms with Gasteiger partial charge in [0.25, 0.3) is 0 Å². The van der Waals surface area contributed by atoms with Crippen LogP contribution >= 0.6 is 0 Å². The van der Waals surface area contributed by atoms with E-state index in [0.29, 0.717) is 18.5 Å². The summed E-state index contributed by atoms with van der Waals surface area (Å²) in [5.41, 5.74) is 6.67. The molecular formula is C11H19N3O. The first-order chi connectivity index (χ1) is 7.31. The average Bonchev–Trinajstić information content (AvgIpc) is 2.78. The summed E-state index contributed by atoms with van der Waals surface area (Å²) in [7, 11) is 0. The summed E-state index contributed by atoms with van der Waals surface area (Å²) in [6.45, 7) is 4.57. The highest BCUT2D eigenvalue weighted by Crippen LogP contribution is 2.26. The van der Waals surface area contributed by atoms with E-state index in [4.69, 9.17) is 10.5 Å². The van der Waals surface area contributed by atoms with Gasteiger partial charge in [-0.2, -0.15) is 5.10 Å². The molecule has 1 saturated heterocycles. The molecule has 1 unspecified atom stereocenters. The predicted octanol–water partition coefficient (Wildman–Crippen LogP) is 1.33. The summed E-state index contributed by atoms with van der Waals surface area (Å²) in [6.07, 6.45) is 6.19. The van der Waals surface area contributed by atoms with Crippen molar-refractivity contribution in [1.29, 1.82) is 0 Å². The zero-order chi connectivity index (χ0) is 10.7. The van der Waals surface area contributed by atoms with E-state index in [2.05, 4.69) is 18.2 Å². The molecular weight excluding hydrogens is 190 g/mol. The Morgan fingerprint density at radius 1 is 1.60 bits per heavy atom. The van der Waals surface area contributed by atoms with Crippen molar-refractivity contribution in [1.82, 2.24) is 9.78 Å². The molecule has 0 spiro atoms. The van der Waals surface area contributed by atoms with Crippen LogP contribution in [0.2, 0.25) is 0 Å². The molecule has 4 heteroatoms. The van der Waals surface area contributed by atoms with Crippen molar-refractivity contribution in [2.45, 2.75) is 32.4 Å². The van der Waals surface area contributed by atoms with Crippen LogP contribution in [0.4, 0.5) is 0 Å². The van der Waals surface area contributed by atoms with Crippen LogP contribution in [0.3, 0.4) is 0 Å². The highest BCUT2D eigenvalue weighted by molar-refractivity contribution is 5.03. The van der Waals surface area contributed by atoms with E-state index in [1.807, 2.05) is 10.9 Å². The third-order valence-corrected chi connectivity index (χ3v) is 3.26. The lowest BCUT2D eigenvalue weighted by Gasteiger charge is -2.27. The van der Waals surface area contributed by atoms with Crippen LogP contribution in [0, 0.1) is 5.92 Å². The third kappa shape index (κ3) is 2.38. The Balaban J connectivity index is 2.02. The molecule has 0 bridgehead atoms. The van der Waals surface area contributed by atoms with Crippen molar-refractivity contribution >= 4 is 0 Å². The number of hydrogen-bond acceptors (Lipinski definition) is 3. The van der Waals surface area contributed by atoms with Crippen molar-refractivity contribution in [3.63, 3.8) is 0 Å². The van der Waals surface area contributed by atoms with E-state index in [0.717, 1.165) is 31.6 Å². The highest BCUT2D eigenvalue weighted by Gasteiger charge is 2.22. The first kappa shape index (κ1) is 10.6. The van der Waals surface area contributed by atoms with E-state index in [1.165, 1.54) is 0 Å². The maximum Gasteiger partial charge on any atom is 0.0534 e. The number of rotatable bonds is 3. The molecule has 1 aliphatic rings. The topological polar surface area (TPSA) is 53.1 Å². The van der Waals surface area contributed by atoms with Gasteiger partial charge in [0.15, 0.2) is 0 Å². The molecule has 0 saturated carbocycles. The van der Waals surface area contributed by atoms with Crippen molar-refractivity contribution < 1.29 is 4.74 Å². The van der Waals surface area contributed by atoms with Crippen molar-refractivity contribution in [3.8, 4) is 0 Å². The lowest BCUT2D eigenvalue weighted by molar-refractivity contribution is 0.0495. The number of nitrogens with two attached hydrogens (primary N) is 1. The molecule has 1 aromatic heterocycles. The van der Waals surface area contributed by atoms with E-state index < -0.39 is 0 Å². The van der Waals surface area contributed by atoms with Crippen LogP contribution in [0.15, 0.2) is 12.4 Å². The molecule has 0 aromatic carbocycles. The van der Waals surface area contributed by atoms with Crippen LogP contribution in [-0.2, 0) is 11.3 Å². The minimum atomic E-state index is 0.453. The molecule has 1 atom stereocenters. The molecule has 2 N–H and O–H groups in total. The molecule has 0 radical (unpaired) electrons. The summed E-state index contributed by atoms with van der Waals surface area (Å²) in [4.78, 5) is 0. The van der Waals surface area contributed by atoms with E-state index in [1.54, 1.807) is 0 Å². The Morgan fingerprint density at radius 3 is 2.93 bits per heavy atom. The van der Waals surface area contributed by atoms with Gasteiger partial charge in [-0.15, -0.1) is 0 Å². The van der Waals surface area contributed by atoms with Crippen LogP contribution in [-0.4, -0.2) is 23.0 Å². The first-order valence-corrected chi connectivity index (χ1v) is 5.62. The normalized spacial score (nSPS) is 20.4. The SMILES string of the molecule is CC(C1CCOCC1)n1cc(CN)cn1. The maximum absolute atomic E-state index is 5.57. The molecule has 2 heterocycles. The van der Waals surface area contributed by atoms with Crippen LogP contribution < -0.4 is 5.73 Å². The third-order valence-electron chi connectivity index (χ3n) is 3.26. The Hall–Kier alpha value is -0.870. The number of hydrogen-bond donors (Lipinski definition) is 1. The van der Waals surface area contributed by atoms with Crippen LogP contribution in [0.5, 0.6) is 0 Å². The zero-order valence-corrected chi connectivity index (χ0v) is 9.22. The van der Waals surface area contributed by atoms with E-state index >= 15 is 0 Å². The first-order valence-electron chi connectivity index (χ1n) is 5.62.